The fraction of sp³-hybridized carbons (Fsp3) is 0.857. The predicted octanol–water partition coefficient (Wildman–Crippen LogP) is -0.598. The molecule has 1 radical (unpaired) electrons. The van der Waals surface area contributed by atoms with Crippen LogP contribution in [0.3, 0.4) is 0 Å². The number of halogens is 1. The van der Waals surface area contributed by atoms with E-state index in [2.05, 4.69) is 13.3 Å². The Bertz CT molecular complexity index is 50.9. The zero-order chi connectivity index (χ0) is 5.11. The van der Waals surface area contributed by atoms with Crippen LogP contribution in [-0.2, 0) is 19.5 Å². The molecular weight excluding hydrogens is 185 g/mol. The van der Waals surface area contributed by atoms with Gasteiger partial charge in [0.15, 0.2) is 0 Å². The van der Waals surface area contributed by atoms with Crippen LogP contribution in [0, 0.1) is 12.3 Å². The molecule has 0 aliphatic heterocycles. The van der Waals surface area contributed by atoms with Crippen molar-refractivity contribution in [1.82, 2.24) is 0 Å². The zero-order valence-corrected chi connectivity index (χ0v) is 9.79. The minimum absolute atomic E-state index is 0. The Hall–Kier alpha value is 0.913. The van der Waals surface area contributed by atoms with E-state index in [0.29, 0.717) is 0 Å². The number of hydrogen-bond acceptors (Lipinski definition) is 0. The molecule has 0 N–H and O–H groups in total. The van der Waals surface area contributed by atoms with Gasteiger partial charge in [-0.3, -0.25) is 0 Å². The van der Waals surface area contributed by atoms with Crippen LogP contribution < -0.4 is 12.4 Å². The summed E-state index contributed by atoms with van der Waals surface area (Å²) in [5.74, 6) is 0.911. The number of hydrogen-bond donors (Lipinski definition) is 0. The van der Waals surface area contributed by atoms with E-state index in [4.69, 9.17) is 0 Å². The van der Waals surface area contributed by atoms with Crippen LogP contribution in [0.1, 0.15) is 32.6 Å². The van der Waals surface area contributed by atoms with Crippen molar-refractivity contribution in [3.63, 3.8) is 0 Å². The van der Waals surface area contributed by atoms with E-state index in [9.17, 15) is 0 Å². The Morgan fingerprint density at radius 3 is 2.22 bits per heavy atom. The second-order valence-electron chi connectivity index (χ2n) is 2.50. The van der Waals surface area contributed by atoms with Gasteiger partial charge in [0.25, 0.3) is 0 Å². The average Bonchev–Trinajstić information content (AvgIpc) is 1.69. The Kier molecular flexibility index (Phi) is 9.82. The summed E-state index contributed by atoms with van der Waals surface area (Å²) in [7, 11) is 0. The van der Waals surface area contributed by atoms with E-state index in [1.54, 1.807) is 0 Å². The van der Waals surface area contributed by atoms with Gasteiger partial charge >= 0.3 is 0 Å². The second-order valence-corrected chi connectivity index (χ2v) is 2.50. The normalized spacial score (nSPS) is 19.7. The first-order chi connectivity index (χ1) is 3.39. The van der Waals surface area contributed by atoms with Crippen molar-refractivity contribution in [3.8, 4) is 0 Å². The molecule has 0 aromatic carbocycles. The third-order valence-electron chi connectivity index (χ3n) is 1.68. The predicted molar refractivity (Wildman–Crippen MR) is 31.9 cm³/mol. The molecule has 0 spiro atoms. The van der Waals surface area contributed by atoms with Crippen molar-refractivity contribution >= 4 is 0 Å². The van der Waals surface area contributed by atoms with Gasteiger partial charge in [0.1, 0.15) is 0 Å². The molecule has 2 heteroatoms. The van der Waals surface area contributed by atoms with Crippen molar-refractivity contribution < 1.29 is 31.9 Å². The maximum absolute atomic E-state index is 2.43. The van der Waals surface area contributed by atoms with Gasteiger partial charge in [0.05, 0.1) is 0 Å². The van der Waals surface area contributed by atoms with E-state index in [-0.39, 0.29) is 31.9 Å². The zero-order valence-electron chi connectivity index (χ0n) is 6.07. The molecule has 1 aliphatic rings. The first-order valence-electron chi connectivity index (χ1n) is 3.23. The van der Waals surface area contributed by atoms with E-state index in [1.165, 1.54) is 25.7 Å². The molecule has 0 saturated heterocycles. The van der Waals surface area contributed by atoms with Gasteiger partial charge in [-0.15, -0.1) is 0 Å². The molecule has 0 heterocycles. The molecule has 1 fully saturated rings. The topological polar surface area (TPSA) is 0 Å². The van der Waals surface area contributed by atoms with Crippen LogP contribution in [0.2, 0.25) is 0 Å². The summed E-state index contributed by atoms with van der Waals surface area (Å²) >= 11 is 0. The van der Waals surface area contributed by atoms with Crippen molar-refractivity contribution in [1.29, 1.82) is 0 Å². The van der Waals surface area contributed by atoms with Gasteiger partial charge in [0, 0.05) is 19.5 Å². The molecule has 1 unspecified atom stereocenters. The first kappa shape index (κ1) is 12.6. The van der Waals surface area contributed by atoms with Crippen molar-refractivity contribution in [2.75, 3.05) is 0 Å². The first-order valence-corrected chi connectivity index (χ1v) is 3.23. The van der Waals surface area contributed by atoms with E-state index in [1.807, 2.05) is 0 Å². The molecule has 0 amide bonds. The third-order valence-corrected chi connectivity index (χ3v) is 1.68. The molecular formula is C7H13ClZn-. The maximum atomic E-state index is 2.43. The molecule has 0 aromatic rings. The Labute approximate surface area is 77.0 Å². The van der Waals surface area contributed by atoms with E-state index < -0.39 is 0 Å². The van der Waals surface area contributed by atoms with Crippen LogP contribution in [0.15, 0.2) is 0 Å². The van der Waals surface area contributed by atoms with Crippen LogP contribution in [-0.4, -0.2) is 0 Å². The Morgan fingerprint density at radius 1 is 1.33 bits per heavy atom. The summed E-state index contributed by atoms with van der Waals surface area (Å²) in [4.78, 5) is 0. The fourth-order valence-electron chi connectivity index (χ4n) is 1.13. The van der Waals surface area contributed by atoms with Gasteiger partial charge in [-0.1, -0.05) is 26.2 Å². The molecule has 1 rings (SSSR count). The number of rotatable bonds is 0. The van der Waals surface area contributed by atoms with Gasteiger partial charge in [-0.25, -0.2) is 0 Å². The van der Waals surface area contributed by atoms with Crippen LogP contribution in [0.25, 0.3) is 0 Å². The summed E-state index contributed by atoms with van der Waals surface area (Å²) in [6.45, 7) is 2.30. The van der Waals surface area contributed by atoms with Crippen molar-refractivity contribution in [2.45, 2.75) is 32.6 Å². The Morgan fingerprint density at radius 2 is 2.00 bits per heavy atom. The van der Waals surface area contributed by atoms with Crippen LogP contribution in [0.5, 0.6) is 0 Å². The summed E-state index contributed by atoms with van der Waals surface area (Å²) < 4.78 is 0. The van der Waals surface area contributed by atoms with Crippen molar-refractivity contribution in [3.05, 3.63) is 6.42 Å². The van der Waals surface area contributed by atoms with Crippen molar-refractivity contribution in [2.24, 2.45) is 5.92 Å². The largest absolute Gasteiger partial charge is 1.00 e. The minimum Gasteiger partial charge on any atom is -1.00 e. The van der Waals surface area contributed by atoms with Crippen LogP contribution in [0.4, 0.5) is 0 Å². The summed E-state index contributed by atoms with van der Waals surface area (Å²) in [5.41, 5.74) is 0. The molecule has 0 nitrogen and oxygen atoms in total. The second kappa shape index (κ2) is 7.03. The molecule has 9 heavy (non-hydrogen) atoms. The van der Waals surface area contributed by atoms with Gasteiger partial charge in [-0.2, -0.15) is 0 Å². The third kappa shape index (κ3) is 5.36. The Balaban J connectivity index is 0. The molecule has 1 atom stereocenters. The smallest absolute Gasteiger partial charge is 0 e. The fourth-order valence-corrected chi connectivity index (χ4v) is 1.13. The minimum atomic E-state index is 0. The van der Waals surface area contributed by atoms with Gasteiger partial charge in [0.2, 0.25) is 0 Å². The van der Waals surface area contributed by atoms with E-state index in [0.717, 1.165) is 5.92 Å². The molecule has 51 valence electrons. The standard InChI is InChI=1S/C7H13.ClH.Zn/c1-7-5-3-2-4-6-7;;/h5,7H,2-4,6H2,1H3;1H;/p-1. The SMILES string of the molecule is CC1[CH]CCCC1.[Cl-].[Zn]. The summed E-state index contributed by atoms with van der Waals surface area (Å²) in [6.07, 6.45) is 8.12. The van der Waals surface area contributed by atoms with E-state index >= 15 is 0 Å². The van der Waals surface area contributed by atoms with Crippen LogP contribution >= 0.6 is 0 Å². The monoisotopic (exact) mass is 196 g/mol. The maximum Gasteiger partial charge on any atom is 0 e. The molecule has 0 bridgehead atoms. The summed E-state index contributed by atoms with van der Waals surface area (Å²) in [5, 5.41) is 0. The van der Waals surface area contributed by atoms with Gasteiger partial charge in [-0.05, 0) is 18.8 Å². The van der Waals surface area contributed by atoms with Gasteiger partial charge < -0.3 is 12.4 Å². The average molecular weight is 198 g/mol. The summed E-state index contributed by atoms with van der Waals surface area (Å²) in [6, 6.07) is 0. The molecule has 1 aliphatic carbocycles. The molecule has 1 saturated carbocycles. The quantitative estimate of drug-likeness (QED) is 0.456. The molecule has 0 aromatic heterocycles.